The van der Waals surface area contributed by atoms with Gasteiger partial charge < -0.3 is 5.32 Å². The van der Waals surface area contributed by atoms with Gasteiger partial charge in [0.15, 0.2) is 5.82 Å². The van der Waals surface area contributed by atoms with Gasteiger partial charge in [0.05, 0.1) is 11.4 Å². The normalized spacial score (nSPS) is 14.0. The highest BCUT2D eigenvalue weighted by atomic mass is 15.1. The maximum Gasteiger partial charge on any atom is 0.159 e. The highest BCUT2D eigenvalue weighted by Crippen LogP contribution is 2.45. The first-order valence-electron chi connectivity index (χ1n) is 16.9. The van der Waals surface area contributed by atoms with Gasteiger partial charge in [0.1, 0.15) is 6.17 Å². The molecule has 4 nitrogen and oxygen atoms in total. The molecular weight excluding hydrogens is 609 g/mol. The third-order valence-electron chi connectivity index (χ3n) is 9.40. The molecule has 0 bridgehead atoms. The van der Waals surface area contributed by atoms with E-state index in [0.29, 0.717) is 5.82 Å². The van der Waals surface area contributed by atoms with E-state index in [0.717, 1.165) is 44.6 Å². The maximum atomic E-state index is 5.15. The van der Waals surface area contributed by atoms with E-state index in [4.69, 9.17) is 15.0 Å². The molecule has 1 unspecified atom stereocenters. The Morgan fingerprint density at radius 1 is 0.460 bits per heavy atom. The van der Waals surface area contributed by atoms with E-state index in [9.17, 15) is 0 Å². The van der Waals surface area contributed by atoms with Crippen LogP contribution in [0.3, 0.4) is 0 Å². The Bertz CT molecular complexity index is 2540. The van der Waals surface area contributed by atoms with Gasteiger partial charge in [0.25, 0.3) is 0 Å². The number of aromatic nitrogens is 2. The zero-order chi connectivity index (χ0) is 33.3. The Balaban J connectivity index is 1.29. The zero-order valence-electron chi connectivity index (χ0n) is 27.2. The Labute approximate surface area is 291 Å². The van der Waals surface area contributed by atoms with Gasteiger partial charge in [-0.2, -0.15) is 0 Å². The van der Waals surface area contributed by atoms with Gasteiger partial charge in [-0.3, -0.25) is 4.99 Å². The monoisotopic (exact) mass is 640 g/mol. The first-order chi connectivity index (χ1) is 24.8. The van der Waals surface area contributed by atoms with Gasteiger partial charge in [0, 0.05) is 23.5 Å². The van der Waals surface area contributed by atoms with Crippen molar-refractivity contribution in [1.29, 1.82) is 0 Å². The zero-order valence-corrected chi connectivity index (χ0v) is 27.2. The number of nitrogens with zero attached hydrogens (tertiary/aromatic N) is 3. The number of allylic oxidation sites excluding steroid dienone is 1. The van der Waals surface area contributed by atoms with Crippen molar-refractivity contribution in [2.24, 2.45) is 4.99 Å². The van der Waals surface area contributed by atoms with Crippen LogP contribution in [0.1, 0.15) is 17.3 Å². The minimum absolute atomic E-state index is 0.212. The van der Waals surface area contributed by atoms with Crippen molar-refractivity contribution in [3.8, 4) is 44.9 Å². The van der Waals surface area contributed by atoms with E-state index in [1.165, 1.54) is 32.8 Å². The molecule has 1 aromatic heterocycles. The molecule has 0 saturated heterocycles. The Morgan fingerprint density at radius 2 is 1.02 bits per heavy atom. The van der Waals surface area contributed by atoms with E-state index in [1.807, 2.05) is 48.8 Å². The van der Waals surface area contributed by atoms with Crippen LogP contribution in [0.15, 0.2) is 187 Å². The summed E-state index contributed by atoms with van der Waals surface area (Å²) in [6, 6.07) is 57.5. The molecule has 50 heavy (non-hydrogen) atoms. The molecule has 0 saturated carbocycles. The fraction of sp³-hybridized carbons (Fsp3) is 0.0217. The lowest BCUT2D eigenvalue weighted by molar-refractivity contribution is 0.651. The van der Waals surface area contributed by atoms with Crippen LogP contribution in [0.4, 0.5) is 0 Å². The van der Waals surface area contributed by atoms with Crippen LogP contribution >= 0.6 is 0 Å². The molecule has 1 aliphatic rings. The third-order valence-corrected chi connectivity index (χ3v) is 9.40. The van der Waals surface area contributed by atoms with Crippen LogP contribution in [-0.2, 0) is 0 Å². The van der Waals surface area contributed by atoms with Crippen LogP contribution in [0.5, 0.6) is 0 Å². The Kier molecular flexibility index (Phi) is 7.52. The van der Waals surface area contributed by atoms with Crippen LogP contribution in [0.2, 0.25) is 0 Å². The fourth-order valence-corrected chi connectivity index (χ4v) is 7.04. The molecular formula is C46H32N4. The molecule has 9 rings (SSSR count). The summed E-state index contributed by atoms with van der Waals surface area (Å²) in [4.78, 5) is 14.9. The number of benzene rings is 7. The lowest BCUT2D eigenvalue weighted by Crippen LogP contribution is -2.20. The van der Waals surface area contributed by atoms with Gasteiger partial charge in [-0.15, -0.1) is 0 Å². The van der Waals surface area contributed by atoms with Crippen LogP contribution in [0.25, 0.3) is 66.4 Å². The summed E-state index contributed by atoms with van der Waals surface area (Å²) < 4.78 is 0. The first kappa shape index (κ1) is 29.5. The maximum absolute atomic E-state index is 5.15. The van der Waals surface area contributed by atoms with Crippen molar-refractivity contribution in [2.45, 2.75) is 6.17 Å². The summed E-state index contributed by atoms with van der Waals surface area (Å²) in [6.45, 7) is 0. The summed E-state index contributed by atoms with van der Waals surface area (Å²) >= 11 is 0. The summed E-state index contributed by atoms with van der Waals surface area (Å²) in [5.41, 5.74) is 10.8. The smallest absolute Gasteiger partial charge is 0.159 e. The van der Waals surface area contributed by atoms with E-state index in [1.54, 1.807) is 0 Å². The molecule has 0 spiro atoms. The van der Waals surface area contributed by atoms with Gasteiger partial charge in [0.2, 0.25) is 0 Å². The molecule has 0 amide bonds. The number of hydrogen-bond acceptors (Lipinski definition) is 4. The topological polar surface area (TPSA) is 50.2 Å². The number of hydrogen-bond donors (Lipinski definition) is 1. The van der Waals surface area contributed by atoms with E-state index in [-0.39, 0.29) is 6.17 Å². The molecule has 4 heteroatoms. The average Bonchev–Trinajstić information content (AvgIpc) is 3.21. The molecule has 1 atom stereocenters. The SMILES string of the molecule is C1=CC(c2ccccc2)=NC(c2ccc3c(-c4ccccc4)c4cc(-c5nccc(-c6ccccc6)n5)ccc4c(-c4ccccc4)c3c2)N1. The molecule has 2 heterocycles. The lowest BCUT2D eigenvalue weighted by atomic mass is 9.84. The fourth-order valence-electron chi connectivity index (χ4n) is 7.04. The molecule has 1 aliphatic heterocycles. The van der Waals surface area contributed by atoms with Crippen molar-refractivity contribution in [3.05, 3.63) is 193 Å². The Hall–Kier alpha value is -6.65. The van der Waals surface area contributed by atoms with Gasteiger partial charge in [-0.25, -0.2) is 9.97 Å². The number of rotatable bonds is 6. The van der Waals surface area contributed by atoms with Crippen molar-refractivity contribution in [3.63, 3.8) is 0 Å². The summed E-state index contributed by atoms with van der Waals surface area (Å²) in [6.07, 6.45) is 5.69. The minimum Gasteiger partial charge on any atom is -0.366 e. The predicted molar refractivity (Wildman–Crippen MR) is 207 cm³/mol. The number of aliphatic imine (C=N–C) groups is 1. The second-order valence-electron chi connectivity index (χ2n) is 12.5. The third kappa shape index (κ3) is 5.43. The van der Waals surface area contributed by atoms with Crippen molar-refractivity contribution in [2.75, 3.05) is 0 Å². The van der Waals surface area contributed by atoms with E-state index in [2.05, 4.69) is 139 Å². The van der Waals surface area contributed by atoms with E-state index >= 15 is 0 Å². The first-order valence-corrected chi connectivity index (χ1v) is 16.9. The molecule has 0 aliphatic carbocycles. The molecule has 0 radical (unpaired) electrons. The standard InChI is InChI=1S/C46H32N4/c1-5-13-31(14-6-1)41-25-27-47-45(49-41)35-21-23-37-39(29-35)43(33-17-9-3-10-18-33)38-24-22-36(30-40(38)44(37)34-19-11-4-12-20-34)46-48-28-26-42(50-46)32-15-7-2-8-16-32/h1-30,45,47H. The lowest BCUT2D eigenvalue weighted by Gasteiger charge is -2.22. The van der Waals surface area contributed by atoms with Crippen molar-refractivity contribution in [1.82, 2.24) is 15.3 Å². The molecule has 0 fully saturated rings. The molecule has 8 aromatic rings. The van der Waals surface area contributed by atoms with Gasteiger partial charge in [-0.1, -0.05) is 146 Å². The van der Waals surface area contributed by atoms with Crippen LogP contribution in [0, 0.1) is 0 Å². The summed E-state index contributed by atoms with van der Waals surface area (Å²) in [5, 5.41) is 8.20. The van der Waals surface area contributed by atoms with Crippen molar-refractivity contribution < 1.29 is 0 Å². The quantitative estimate of drug-likeness (QED) is 0.184. The average molecular weight is 641 g/mol. The molecule has 7 aromatic carbocycles. The van der Waals surface area contributed by atoms with Gasteiger partial charge >= 0.3 is 0 Å². The van der Waals surface area contributed by atoms with Crippen LogP contribution in [-0.4, -0.2) is 15.7 Å². The second-order valence-corrected chi connectivity index (χ2v) is 12.5. The number of nitrogens with one attached hydrogen (secondary N) is 1. The summed E-state index contributed by atoms with van der Waals surface area (Å²) in [5.74, 6) is 0.701. The van der Waals surface area contributed by atoms with Crippen LogP contribution < -0.4 is 5.32 Å². The highest BCUT2D eigenvalue weighted by Gasteiger charge is 2.21. The molecule has 1 N–H and O–H groups in total. The highest BCUT2D eigenvalue weighted by molar-refractivity contribution is 6.22. The van der Waals surface area contributed by atoms with Crippen molar-refractivity contribution >= 4 is 27.3 Å². The largest absolute Gasteiger partial charge is 0.366 e. The molecule has 236 valence electrons. The second kappa shape index (κ2) is 12.8. The van der Waals surface area contributed by atoms with Gasteiger partial charge in [-0.05, 0) is 79.2 Å². The minimum atomic E-state index is -0.212. The predicted octanol–water partition coefficient (Wildman–Crippen LogP) is 11.1. The van der Waals surface area contributed by atoms with E-state index < -0.39 is 0 Å². The summed E-state index contributed by atoms with van der Waals surface area (Å²) in [7, 11) is 0. The Morgan fingerprint density at radius 3 is 1.66 bits per heavy atom. The number of fused-ring (bicyclic) bond motifs is 2.